The maximum atomic E-state index is 13.1. The molecule has 0 bridgehead atoms. The van der Waals surface area contributed by atoms with Crippen LogP contribution < -0.4 is 4.74 Å². The number of carbonyl (C=O) groups excluding carboxylic acids is 1. The van der Waals surface area contributed by atoms with E-state index in [9.17, 15) is 18.5 Å². The van der Waals surface area contributed by atoms with Crippen LogP contribution in [-0.2, 0) is 19.4 Å². The number of para-hydroxylation sites is 1. The van der Waals surface area contributed by atoms with E-state index in [0.717, 1.165) is 33.8 Å². The van der Waals surface area contributed by atoms with E-state index in [1.54, 1.807) is 24.3 Å². The molecule has 0 spiro atoms. The summed E-state index contributed by atoms with van der Waals surface area (Å²) >= 11 is 4.54. The molecule has 0 N–H and O–H groups in total. The normalized spacial score (nSPS) is 11.8. The zero-order chi connectivity index (χ0) is 30.7. The zero-order valence-electron chi connectivity index (χ0n) is 23.6. The summed E-state index contributed by atoms with van der Waals surface area (Å²) in [7, 11) is -3.47. The van der Waals surface area contributed by atoms with Gasteiger partial charge in [-0.3, -0.25) is 4.79 Å². The number of pyridine rings is 1. The average molecular weight is 680 g/mol. The van der Waals surface area contributed by atoms with Gasteiger partial charge in [-0.1, -0.05) is 102 Å². The van der Waals surface area contributed by atoms with Crippen LogP contribution in [0.3, 0.4) is 0 Å². The summed E-state index contributed by atoms with van der Waals surface area (Å²) in [6.07, 6.45) is 0.270. The van der Waals surface area contributed by atoms with Gasteiger partial charge in [-0.05, 0) is 42.3 Å². The number of hydrogen-bond acceptors (Lipinski definition) is 8. The molecule has 1 unspecified atom stereocenters. The van der Waals surface area contributed by atoms with Crippen molar-refractivity contribution < 1.29 is 22.7 Å². The lowest BCUT2D eigenvalue weighted by molar-refractivity contribution is -0.146. The number of hydrogen-bond donors (Lipinski definition) is 0. The molecule has 4 aromatic rings. The lowest BCUT2D eigenvalue weighted by Crippen LogP contribution is -2.33. The highest BCUT2D eigenvalue weighted by Gasteiger charge is 2.24. The van der Waals surface area contributed by atoms with Gasteiger partial charge >= 0.3 is 5.97 Å². The molecule has 0 radical (unpaired) electrons. The fourth-order valence-corrected chi connectivity index (χ4v) is 6.92. The summed E-state index contributed by atoms with van der Waals surface area (Å²) in [5, 5.41) is 10.5. The van der Waals surface area contributed by atoms with Crippen LogP contribution in [0.25, 0.3) is 22.4 Å². The van der Waals surface area contributed by atoms with Crippen molar-refractivity contribution in [2.24, 2.45) is 0 Å². The lowest BCUT2D eigenvalue weighted by Gasteiger charge is -2.19. The Bertz CT molecular complexity index is 1660. The highest BCUT2D eigenvalue weighted by molar-refractivity contribution is 9.10. The van der Waals surface area contributed by atoms with Crippen LogP contribution in [0, 0.1) is 11.3 Å². The van der Waals surface area contributed by atoms with E-state index in [1.165, 1.54) is 0 Å². The molecule has 7 nitrogen and oxygen atoms in total. The molecule has 0 aliphatic heterocycles. The fraction of sp³-hybridized carbons (Fsp3) is 0.242. The molecular formula is C33H31BrN2O5S2. The number of nitrogens with zero attached hydrogens (tertiary/aromatic N) is 2. The third-order valence-corrected chi connectivity index (χ3v) is 9.64. The van der Waals surface area contributed by atoms with Crippen molar-refractivity contribution in [1.82, 2.24) is 4.98 Å². The highest BCUT2D eigenvalue weighted by Crippen LogP contribution is 2.34. The van der Waals surface area contributed by atoms with Crippen LogP contribution >= 0.6 is 27.7 Å². The number of sulfone groups is 1. The zero-order valence-corrected chi connectivity index (χ0v) is 26.8. The first-order chi connectivity index (χ1) is 20.8. The second kappa shape index (κ2) is 15.7. The number of ether oxygens (including phenoxy) is 2. The predicted octanol–water partition coefficient (Wildman–Crippen LogP) is 7.35. The molecule has 3 aromatic carbocycles. The number of halogens is 1. The van der Waals surface area contributed by atoms with Crippen LogP contribution in [0.2, 0.25) is 0 Å². The van der Waals surface area contributed by atoms with E-state index < -0.39 is 21.9 Å². The van der Waals surface area contributed by atoms with Gasteiger partial charge in [-0.15, -0.1) is 0 Å². The fourth-order valence-electron chi connectivity index (χ4n) is 4.25. The van der Waals surface area contributed by atoms with Gasteiger partial charge in [-0.2, -0.15) is 5.26 Å². The summed E-state index contributed by atoms with van der Waals surface area (Å²) in [6, 6.07) is 30.3. The van der Waals surface area contributed by atoms with E-state index in [2.05, 4.69) is 22.0 Å². The number of nitriles is 1. The Morgan fingerprint density at radius 1 is 1.00 bits per heavy atom. The van der Waals surface area contributed by atoms with Crippen LogP contribution in [0.1, 0.15) is 25.3 Å². The van der Waals surface area contributed by atoms with Crippen molar-refractivity contribution in [2.75, 3.05) is 23.9 Å². The Labute approximate surface area is 265 Å². The van der Waals surface area contributed by atoms with Crippen molar-refractivity contribution in [3.05, 3.63) is 101 Å². The summed E-state index contributed by atoms with van der Waals surface area (Å²) in [6.45, 7) is 1.81. The first-order valence-electron chi connectivity index (χ1n) is 13.7. The maximum absolute atomic E-state index is 13.1. The van der Waals surface area contributed by atoms with E-state index in [0.29, 0.717) is 34.0 Å². The third kappa shape index (κ3) is 9.68. The SMILES string of the molecule is CCCCS(=O)(=O)CC(COc1ccccc1)OC(=O)CSc1nc(-c2ccc(Br)cc2)cc(-c2ccccc2)c1C#N. The monoisotopic (exact) mass is 678 g/mol. The van der Waals surface area contributed by atoms with Crippen molar-refractivity contribution in [1.29, 1.82) is 5.26 Å². The number of unbranched alkanes of at least 4 members (excludes halogenated alkanes) is 1. The van der Waals surface area contributed by atoms with E-state index in [-0.39, 0.29) is 23.9 Å². The maximum Gasteiger partial charge on any atom is 0.316 e. The quantitative estimate of drug-likeness (QED) is 0.101. The van der Waals surface area contributed by atoms with Crippen LogP contribution in [0.5, 0.6) is 5.75 Å². The molecule has 1 heterocycles. The number of aromatic nitrogens is 1. The second-order valence-electron chi connectivity index (χ2n) is 9.71. The molecule has 10 heteroatoms. The standard InChI is InChI=1S/C33H31BrN2O5S2/c1-2-3-18-43(38,39)23-28(21-40-27-12-8-5-9-13-27)41-32(37)22-42-33-30(20-35)29(24-10-6-4-7-11-24)19-31(36-33)25-14-16-26(34)17-15-25/h4-17,19,28H,2-3,18,21-23H2,1H3. The van der Waals surface area contributed by atoms with Gasteiger partial charge in [-0.25, -0.2) is 13.4 Å². The third-order valence-electron chi connectivity index (χ3n) is 6.38. The first kappa shape index (κ1) is 32.3. The number of rotatable bonds is 14. The van der Waals surface area contributed by atoms with Crippen LogP contribution in [0.15, 0.2) is 100 Å². The Balaban J connectivity index is 1.56. The van der Waals surface area contributed by atoms with Gasteiger partial charge in [0.2, 0.25) is 0 Å². The smallest absolute Gasteiger partial charge is 0.316 e. The number of carbonyl (C=O) groups is 1. The summed E-state index contributed by atoms with van der Waals surface area (Å²) in [4.78, 5) is 17.8. The minimum Gasteiger partial charge on any atom is -0.490 e. The number of benzene rings is 3. The van der Waals surface area contributed by atoms with Gasteiger partial charge in [0.1, 0.15) is 29.6 Å². The molecule has 0 amide bonds. The number of esters is 1. The molecule has 0 saturated carbocycles. The topological polar surface area (TPSA) is 106 Å². The molecule has 0 aliphatic carbocycles. The van der Waals surface area contributed by atoms with Crippen molar-refractivity contribution >= 4 is 43.5 Å². The van der Waals surface area contributed by atoms with Crippen LogP contribution in [0.4, 0.5) is 0 Å². The predicted molar refractivity (Wildman–Crippen MR) is 174 cm³/mol. The largest absolute Gasteiger partial charge is 0.490 e. The molecule has 43 heavy (non-hydrogen) atoms. The Kier molecular flexibility index (Phi) is 11.8. The van der Waals surface area contributed by atoms with Gasteiger partial charge in [0, 0.05) is 15.6 Å². The van der Waals surface area contributed by atoms with E-state index >= 15 is 0 Å². The van der Waals surface area contributed by atoms with E-state index in [4.69, 9.17) is 14.5 Å². The Hall–Kier alpha value is -3.65. The minimum absolute atomic E-state index is 0.0121. The van der Waals surface area contributed by atoms with Gasteiger partial charge in [0.25, 0.3) is 0 Å². The number of thioether (sulfide) groups is 1. The molecule has 4 rings (SSSR count). The second-order valence-corrected chi connectivity index (χ2v) is 13.8. The summed E-state index contributed by atoms with van der Waals surface area (Å²) < 4.78 is 37.8. The summed E-state index contributed by atoms with van der Waals surface area (Å²) in [5.41, 5.74) is 3.39. The molecular weight excluding hydrogens is 648 g/mol. The molecule has 1 atom stereocenters. The summed E-state index contributed by atoms with van der Waals surface area (Å²) in [5.74, 6) is -0.576. The van der Waals surface area contributed by atoms with Crippen molar-refractivity contribution in [2.45, 2.75) is 30.9 Å². The lowest BCUT2D eigenvalue weighted by atomic mass is 9.99. The molecule has 0 aliphatic rings. The van der Waals surface area contributed by atoms with Crippen molar-refractivity contribution in [3.63, 3.8) is 0 Å². The highest BCUT2D eigenvalue weighted by atomic mass is 79.9. The molecule has 222 valence electrons. The average Bonchev–Trinajstić information content (AvgIpc) is 3.02. The molecule has 1 aromatic heterocycles. The van der Waals surface area contributed by atoms with Crippen molar-refractivity contribution in [3.8, 4) is 34.2 Å². The van der Waals surface area contributed by atoms with Gasteiger partial charge < -0.3 is 9.47 Å². The minimum atomic E-state index is -3.47. The van der Waals surface area contributed by atoms with Gasteiger partial charge in [0.05, 0.1) is 28.5 Å². The molecule has 0 saturated heterocycles. The molecule has 0 fully saturated rings. The van der Waals surface area contributed by atoms with Crippen LogP contribution in [-0.4, -0.2) is 49.3 Å². The van der Waals surface area contributed by atoms with Gasteiger partial charge in [0.15, 0.2) is 9.84 Å². The Morgan fingerprint density at radius 2 is 1.67 bits per heavy atom. The Morgan fingerprint density at radius 3 is 2.33 bits per heavy atom. The van der Waals surface area contributed by atoms with E-state index in [1.807, 2.05) is 73.7 Å². The first-order valence-corrected chi connectivity index (χ1v) is 17.3.